The minimum absolute atomic E-state index is 0.0343. The number of halogens is 2. The van der Waals surface area contributed by atoms with Crippen molar-refractivity contribution in [2.24, 2.45) is 11.3 Å². The lowest BCUT2D eigenvalue weighted by molar-refractivity contribution is 0.0151. The van der Waals surface area contributed by atoms with Crippen molar-refractivity contribution in [2.45, 2.75) is 65.6 Å². The van der Waals surface area contributed by atoms with Crippen molar-refractivity contribution in [1.29, 1.82) is 0 Å². The Labute approximate surface area is 210 Å². The number of amides is 1. The topological polar surface area (TPSA) is 82.5 Å². The molecule has 1 aromatic carbocycles. The molecule has 2 aliphatic heterocycles. The molecular weight excluding hydrogens is 468 g/mol. The monoisotopic (exact) mass is 503 g/mol. The van der Waals surface area contributed by atoms with Crippen LogP contribution >= 0.6 is 0 Å². The highest BCUT2D eigenvalue weighted by molar-refractivity contribution is 5.97. The van der Waals surface area contributed by atoms with Gasteiger partial charge in [-0.25, -0.2) is 13.6 Å². The van der Waals surface area contributed by atoms with E-state index in [9.17, 15) is 18.4 Å². The highest BCUT2D eigenvalue weighted by Crippen LogP contribution is 2.37. The van der Waals surface area contributed by atoms with Gasteiger partial charge in [-0.1, -0.05) is 19.9 Å². The Balaban J connectivity index is 1.47. The number of hydrogen-bond donors (Lipinski definition) is 1. The first kappa shape index (κ1) is 26.3. The molecule has 36 heavy (non-hydrogen) atoms. The molecule has 0 radical (unpaired) electrons. The van der Waals surface area contributed by atoms with E-state index in [1.54, 1.807) is 0 Å². The zero-order valence-corrected chi connectivity index (χ0v) is 21.5. The van der Waals surface area contributed by atoms with Crippen molar-refractivity contribution < 1.29 is 27.8 Å². The van der Waals surface area contributed by atoms with Gasteiger partial charge in [0.2, 0.25) is 0 Å². The van der Waals surface area contributed by atoms with E-state index in [0.717, 1.165) is 36.7 Å². The van der Waals surface area contributed by atoms with Crippen LogP contribution in [0.15, 0.2) is 18.2 Å². The van der Waals surface area contributed by atoms with Gasteiger partial charge < -0.3 is 14.8 Å². The highest BCUT2D eigenvalue weighted by Gasteiger charge is 2.39. The van der Waals surface area contributed by atoms with Gasteiger partial charge in [-0.2, -0.15) is 5.10 Å². The van der Waals surface area contributed by atoms with Gasteiger partial charge in [0.25, 0.3) is 5.91 Å². The number of esters is 1. The average molecular weight is 504 g/mol. The summed E-state index contributed by atoms with van der Waals surface area (Å²) in [5.74, 6) is -1.64. The summed E-state index contributed by atoms with van der Waals surface area (Å²) in [4.78, 5) is 25.5. The van der Waals surface area contributed by atoms with Crippen LogP contribution < -0.4 is 5.32 Å². The van der Waals surface area contributed by atoms with Gasteiger partial charge in [0.15, 0.2) is 0 Å². The number of carbonyl (C=O) groups excluding carboxylic acids is 2. The van der Waals surface area contributed by atoms with Crippen molar-refractivity contribution in [3.05, 3.63) is 52.1 Å². The molecule has 1 aromatic heterocycles. The molecule has 196 valence electrons. The van der Waals surface area contributed by atoms with Crippen LogP contribution in [0, 0.1) is 17.2 Å². The van der Waals surface area contributed by atoms with Crippen LogP contribution in [-0.4, -0.2) is 48.0 Å². The minimum atomic E-state index is -1.85. The third-order valence-electron chi connectivity index (χ3n) is 7.24. The first-order chi connectivity index (χ1) is 17.0. The quantitative estimate of drug-likeness (QED) is 0.568. The lowest BCUT2D eigenvalue weighted by Gasteiger charge is -2.36. The standard InChI is InChI=1S/C27H35F2N3O4/c1-5-21-23-22(13-27(16-30-24(23)33)8-10-35-11-9-27)32(31-21)14-17(2)15-36-25(34)18-6-7-19(20(28)12-18)26(3,4)29/h6-7,12,17H,5,8-11,13-16H2,1-4H3,(H,30,33)/t17-/m1/s1. The van der Waals surface area contributed by atoms with E-state index < -0.39 is 17.5 Å². The van der Waals surface area contributed by atoms with E-state index in [1.165, 1.54) is 26.0 Å². The summed E-state index contributed by atoms with van der Waals surface area (Å²) in [6, 6.07) is 3.66. The number of benzene rings is 1. The maximum absolute atomic E-state index is 14.3. The van der Waals surface area contributed by atoms with E-state index in [1.807, 2.05) is 18.5 Å². The van der Waals surface area contributed by atoms with E-state index >= 15 is 0 Å². The molecule has 1 atom stereocenters. The fraction of sp³-hybridized carbons (Fsp3) is 0.593. The Kier molecular flexibility index (Phi) is 7.50. The number of hydrogen-bond acceptors (Lipinski definition) is 5. The number of alkyl halides is 1. The first-order valence-electron chi connectivity index (χ1n) is 12.6. The third-order valence-corrected chi connectivity index (χ3v) is 7.24. The molecule has 7 nitrogen and oxygen atoms in total. The van der Waals surface area contributed by atoms with Gasteiger partial charge in [-0.05, 0) is 57.1 Å². The number of nitrogens with one attached hydrogen (secondary N) is 1. The zero-order chi connectivity index (χ0) is 26.1. The molecule has 3 heterocycles. The average Bonchev–Trinajstić information content (AvgIpc) is 3.10. The number of ether oxygens (including phenoxy) is 2. The summed E-state index contributed by atoms with van der Waals surface area (Å²) in [5, 5.41) is 7.86. The summed E-state index contributed by atoms with van der Waals surface area (Å²) in [6.45, 7) is 8.98. The second-order valence-corrected chi connectivity index (χ2v) is 10.6. The molecule has 2 aromatic rings. The van der Waals surface area contributed by atoms with Crippen LogP contribution in [0.1, 0.15) is 78.2 Å². The molecule has 2 aliphatic rings. The molecule has 1 fully saturated rings. The normalized spacial score (nSPS) is 18.3. The van der Waals surface area contributed by atoms with Gasteiger partial charge in [0.1, 0.15) is 11.5 Å². The largest absolute Gasteiger partial charge is 0.462 e. The van der Waals surface area contributed by atoms with Gasteiger partial charge in [0.05, 0.1) is 29.1 Å². The molecule has 0 bridgehead atoms. The maximum Gasteiger partial charge on any atom is 0.338 e. The second kappa shape index (κ2) is 10.3. The highest BCUT2D eigenvalue weighted by atomic mass is 19.1. The molecule has 0 aliphatic carbocycles. The summed E-state index contributed by atoms with van der Waals surface area (Å²) in [7, 11) is 0. The SMILES string of the molecule is CCc1nn(C[C@@H](C)COC(=O)c2ccc(C(C)(C)F)c(F)c2)c2c1C(=O)NCC1(CCOCC1)C2. The first-order valence-corrected chi connectivity index (χ1v) is 12.6. The van der Waals surface area contributed by atoms with Gasteiger partial charge >= 0.3 is 5.97 Å². The molecule has 0 unspecified atom stereocenters. The molecule has 4 rings (SSSR count). The lowest BCUT2D eigenvalue weighted by atomic mass is 9.76. The minimum Gasteiger partial charge on any atom is -0.462 e. The van der Waals surface area contributed by atoms with E-state index in [4.69, 9.17) is 14.6 Å². The summed E-state index contributed by atoms with van der Waals surface area (Å²) in [5.41, 5.74) is 0.381. The number of aryl methyl sites for hydroxylation is 1. The Morgan fingerprint density at radius 3 is 2.69 bits per heavy atom. The number of rotatable bonds is 7. The Bertz CT molecular complexity index is 1130. The fourth-order valence-corrected chi connectivity index (χ4v) is 5.10. The summed E-state index contributed by atoms with van der Waals surface area (Å²) < 4.78 is 41.3. The van der Waals surface area contributed by atoms with E-state index in [-0.39, 0.29) is 35.0 Å². The molecule has 1 amide bonds. The van der Waals surface area contributed by atoms with Crippen molar-refractivity contribution >= 4 is 11.9 Å². The molecule has 9 heteroatoms. The van der Waals surface area contributed by atoms with Crippen LogP contribution in [-0.2, 0) is 34.5 Å². The summed E-state index contributed by atoms with van der Waals surface area (Å²) >= 11 is 0. The molecule has 0 saturated carbocycles. The van der Waals surface area contributed by atoms with Crippen molar-refractivity contribution in [3.63, 3.8) is 0 Å². The third kappa shape index (κ3) is 5.45. The van der Waals surface area contributed by atoms with Gasteiger partial charge in [0, 0.05) is 37.8 Å². The van der Waals surface area contributed by atoms with Crippen LogP contribution in [0.2, 0.25) is 0 Å². The second-order valence-electron chi connectivity index (χ2n) is 10.6. The molecule has 1 N–H and O–H groups in total. The Hall–Kier alpha value is -2.81. The number of aromatic nitrogens is 2. The zero-order valence-electron chi connectivity index (χ0n) is 21.5. The van der Waals surface area contributed by atoms with Crippen molar-refractivity contribution in [3.8, 4) is 0 Å². The van der Waals surface area contributed by atoms with Crippen molar-refractivity contribution in [2.75, 3.05) is 26.4 Å². The predicted octanol–water partition coefficient (Wildman–Crippen LogP) is 4.37. The van der Waals surface area contributed by atoms with Crippen LogP contribution in [0.5, 0.6) is 0 Å². The van der Waals surface area contributed by atoms with Crippen molar-refractivity contribution in [1.82, 2.24) is 15.1 Å². The molecular formula is C27H35F2N3O4. The van der Waals surface area contributed by atoms with E-state index in [2.05, 4.69) is 5.32 Å². The maximum atomic E-state index is 14.3. The Morgan fingerprint density at radius 1 is 1.33 bits per heavy atom. The van der Waals surface area contributed by atoms with Crippen LogP contribution in [0.4, 0.5) is 8.78 Å². The van der Waals surface area contributed by atoms with Gasteiger partial charge in [-0.3, -0.25) is 9.48 Å². The smallest absolute Gasteiger partial charge is 0.338 e. The number of carbonyl (C=O) groups is 2. The number of fused-ring (bicyclic) bond motifs is 1. The van der Waals surface area contributed by atoms with Gasteiger partial charge in [-0.15, -0.1) is 0 Å². The van der Waals surface area contributed by atoms with E-state index in [0.29, 0.717) is 38.3 Å². The number of nitrogens with zero attached hydrogens (tertiary/aromatic N) is 2. The summed E-state index contributed by atoms with van der Waals surface area (Å²) in [6.07, 6.45) is 3.13. The Morgan fingerprint density at radius 2 is 2.06 bits per heavy atom. The molecule has 1 spiro atoms. The lowest BCUT2D eigenvalue weighted by Crippen LogP contribution is -2.41. The molecule has 1 saturated heterocycles. The van der Waals surface area contributed by atoms with Crippen LogP contribution in [0.25, 0.3) is 0 Å². The van der Waals surface area contributed by atoms with Crippen LogP contribution in [0.3, 0.4) is 0 Å². The predicted molar refractivity (Wildman–Crippen MR) is 130 cm³/mol. The fourth-order valence-electron chi connectivity index (χ4n) is 5.10.